The van der Waals surface area contributed by atoms with E-state index in [1.165, 1.54) is 6.08 Å². The summed E-state index contributed by atoms with van der Waals surface area (Å²) in [5.74, 6) is -11.3. The Balaban J connectivity index is 1.80. The molecule has 20 heteroatoms. The van der Waals surface area contributed by atoms with Crippen molar-refractivity contribution in [3.63, 3.8) is 0 Å². The van der Waals surface area contributed by atoms with E-state index in [0.29, 0.717) is 11.3 Å². The fraction of sp³-hybridized carbons (Fsp3) is 0.578. The minimum atomic E-state index is -1.65. The summed E-state index contributed by atoms with van der Waals surface area (Å²) < 4.78 is 5.99. The van der Waals surface area contributed by atoms with Crippen LogP contribution in [0.5, 0.6) is 0 Å². The molecule has 0 aromatic rings. The smallest absolute Gasteiger partial charge is 0.307 e. The number of nitrogens with zero attached hydrogens (tertiary/aromatic N) is 3. The number of rotatable bonds is 18. The van der Waals surface area contributed by atoms with Gasteiger partial charge in [-0.2, -0.15) is 0 Å². The molecule has 0 saturated carbocycles. The highest BCUT2D eigenvalue weighted by atomic mass is 16.5. The number of aliphatic imine (C=N–C) groups is 3. The number of carboxylic acid groups (broad SMARTS) is 7. The second-order valence-electron chi connectivity index (χ2n) is 18.8. The van der Waals surface area contributed by atoms with Crippen LogP contribution < -0.4 is 5.32 Å². The lowest BCUT2D eigenvalue weighted by Gasteiger charge is -2.53. The minimum absolute atomic E-state index is 0.0830. The molecule has 0 aromatic heterocycles. The van der Waals surface area contributed by atoms with Gasteiger partial charge in [-0.25, -0.2) is 0 Å². The Morgan fingerprint density at radius 2 is 1.37 bits per heavy atom. The molecule has 8 bridgehead atoms. The molecule has 20 nitrogen and oxygen atoms in total. The van der Waals surface area contributed by atoms with Gasteiger partial charge >= 0.3 is 47.8 Å². The lowest BCUT2D eigenvalue weighted by molar-refractivity contribution is -0.168. The third-order valence-corrected chi connectivity index (χ3v) is 14.6. The molecular formula is C45H54N4O16. The number of fused-ring (bicyclic) bond motifs is 4. The van der Waals surface area contributed by atoms with Crippen LogP contribution in [-0.4, -0.2) is 118 Å². The van der Waals surface area contributed by atoms with Gasteiger partial charge in [0.15, 0.2) is 0 Å². The van der Waals surface area contributed by atoms with Crippen molar-refractivity contribution in [2.24, 2.45) is 43.1 Å². The summed E-state index contributed by atoms with van der Waals surface area (Å²) in [6.07, 6.45) is -3.05. The van der Waals surface area contributed by atoms with Crippen LogP contribution >= 0.6 is 0 Å². The maximum Gasteiger partial charge on any atom is 0.307 e. The molecule has 350 valence electrons. The molecule has 8 unspecified atom stereocenters. The monoisotopic (exact) mass is 906 g/mol. The number of aliphatic carboxylic acids is 7. The number of cyclic esters (lactones) is 1. The van der Waals surface area contributed by atoms with Crippen LogP contribution in [-0.2, 0) is 43.1 Å². The number of carbonyl (C=O) groups is 8. The maximum absolute atomic E-state index is 13.7. The van der Waals surface area contributed by atoms with Crippen LogP contribution in [0.15, 0.2) is 60.9 Å². The van der Waals surface area contributed by atoms with E-state index in [2.05, 4.69) is 5.32 Å². The normalized spacial score (nSPS) is 32.4. The average Bonchev–Trinajstić information content (AvgIpc) is 3.76. The standard InChI is InChI=1S/C45H54N4O16/c1-21-45-40-26(15-37(60)61)41(2,13-12-35(56)57)30(47-40)16-27-22(6-9-32(50)51)25(14-36(58)59)44(5,48-27)18-29-23(7-10-33(52)53)42(3,19-38(62)63)31(46-29)17-28(49-45)24(8-11-34(54)55)43(45,4)20-39(64)65-21/h16-17,21,24,26,49H,6-15,18-20H2,1-5H3,(H,50,51)(H,52,53)(H,54,55)(H,56,57)(H,58,59)(H,60,61)(H,62,63). The second-order valence-corrected chi connectivity index (χ2v) is 18.8. The molecule has 1 spiro atoms. The van der Waals surface area contributed by atoms with Gasteiger partial charge in [0, 0.05) is 77.3 Å². The van der Waals surface area contributed by atoms with E-state index in [-0.39, 0.29) is 78.2 Å². The fourth-order valence-corrected chi connectivity index (χ4v) is 11.5. The van der Waals surface area contributed by atoms with Gasteiger partial charge in [-0.05, 0) is 75.3 Å². The second kappa shape index (κ2) is 17.2. The number of carboxylic acids is 7. The van der Waals surface area contributed by atoms with Crippen LogP contribution in [0.2, 0.25) is 0 Å². The highest BCUT2D eigenvalue weighted by Gasteiger charge is 2.71. The summed E-state index contributed by atoms with van der Waals surface area (Å²) in [5.41, 5.74) is -5.84. The molecule has 6 rings (SSSR count). The van der Waals surface area contributed by atoms with Crippen molar-refractivity contribution in [1.29, 1.82) is 0 Å². The lowest BCUT2D eigenvalue weighted by Crippen LogP contribution is -2.69. The zero-order valence-corrected chi connectivity index (χ0v) is 36.7. The number of carbonyl (C=O) groups excluding carboxylic acids is 1. The van der Waals surface area contributed by atoms with Crippen molar-refractivity contribution in [1.82, 2.24) is 5.32 Å². The van der Waals surface area contributed by atoms with Crippen molar-refractivity contribution in [2.45, 2.75) is 135 Å². The van der Waals surface area contributed by atoms with Gasteiger partial charge in [0.25, 0.3) is 0 Å². The van der Waals surface area contributed by atoms with E-state index < -0.39 is 138 Å². The summed E-state index contributed by atoms with van der Waals surface area (Å²) in [7, 11) is 0. The van der Waals surface area contributed by atoms with Gasteiger partial charge < -0.3 is 45.8 Å². The number of ether oxygens (including phenoxy) is 1. The summed E-state index contributed by atoms with van der Waals surface area (Å²) in [6, 6.07) is 0. The van der Waals surface area contributed by atoms with Crippen molar-refractivity contribution < 1.29 is 78.8 Å². The topological polar surface area (TPSA) is 337 Å². The number of esters is 1. The highest BCUT2D eigenvalue weighted by Crippen LogP contribution is 2.63. The number of hydrogen-bond donors (Lipinski definition) is 8. The first-order valence-electron chi connectivity index (χ1n) is 21.4. The quantitative estimate of drug-likeness (QED) is 0.0868. The fourth-order valence-electron chi connectivity index (χ4n) is 11.5. The van der Waals surface area contributed by atoms with Crippen molar-refractivity contribution in [3.05, 3.63) is 46.0 Å². The molecule has 0 amide bonds. The molecule has 2 fully saturated rings. The predicted octanol–water partition coefficient (Wildman–Crippen LogP) is 4.64. The van der Waals surface area contributed by atoms with Gasteiger partial charge in [-0.1, -0.05) is 13.8 Å². The SMILES string of the molecule is CC1OC(=O)CC2(C)C(CCC(=O)O)C3=CC4=NC(=C(CCC(=O)O)C4(C)CC(=O)O)CC4(C)N=C(C=C5N=C(C(CC(=O)O)C5(C)CCC(=O)O)C12N3)C(CCC(=O)O)=C4CC(=O)O. The predicted molar refractivity (Wildman–Crippen MR) is 227 cm³/mol. The highest BCUT2D eigenvalue weighted by molar-refractivity contribution is 6.14. The first-order valence-corrected chi connectivity index (χ1v) is 21.4. The largest absolute Gasteiger partial charge is 0.481 e. The molecule has 0 radical (unpaired) electrons. The van der Waals surface area contributed by atoms with Crippen LogP contribution in [0.1, 0.15) is 118 Å². The Bertz CT molecular complexity index is 2410. The van der Waals surface area contributed by atoms with E-state index in [0.717, 1.165) is 0 Å². The van der Waals surface area contributed by atoms with Crippen LogP contribution in [0.4, 0.5) is 0 Å². The van der Waals surface area contributed by atoms with Gasteiger partial charge in [0.05, 0.1) is 48.4 Å². The average molecular weight is 907 g/mol. The number of hydrogen-bond acceptors (Lipinski definition) is 13. The number of allylic oxidation sites excluding steroid dienone is 6. The van der Waals surface area contributed by atoms with E-state index in [1.807, 2.05) is 0 Å². The summed E-state index contributed by atoms with van der Waals surface area (Å²) in [6.45, 7) is 8.14. The molecule has 0 aliphatic carbocycles. The van der Waals surface area contributed by atoms with E-state index in [1.54, 1.807) is 40.7 Å². The Kier molecular flexibility index (Phi) is 12.7. The molecule has 6 aliphatic heterocycles. The Morgan fingerprint density at radius 1 is 0.738 bits per heavy atom. The Hall–Kier alpha value is -6.47. The Labute approximate surface area is 372 Å². The molecular weight excluding hydrogens is 853 g/mol. The molecule has 6 heterocycles. The first kappa shape index (κ1) is 48.0. The third kappa shape index (κ3) is 8.49. The zero-order chi connectivity index (χ0) is 48.2. The van der Waals surface area contributed by atoms with E-state index >= 15 is 0 Å². The van der Waals surface area contributed by atoms with Gasteiger partial charge in [-0.15, -0.1) is 0 Å². The third-order valence-electron chi connectivity index (χ3n) is 14.6. The zero-order valence-electron chi connectivity index (χ0n) is 36.7. The van der Waals surface area contributed by atoms with E-state index in [4.69, 9.17) is 19.7 Å². The van der Waals surface area contributed by atoms with Gasteiger partial charge in [-0.3, -0.25) is 53.3 Å². The van der Waals surface area contributed by atoms with E-state index in [9.17, 15) is 74.1 Å². The molecule has 65 heavy (non-hydrogen) atoms. The molecule has 6 aliphatic rings. The van der Waals surface area contributed by atoms with Crippen molar-refractivity contribution >= 4 is 64.9 Å². The summed E-state index contributed by atoms with van der Waals surface area (Å²) in [4.78, 5) is 116. The van der Waals surface area contributed by atoms with Crippen LogP contribution in [0.3, 0.4) is 0 Å². The lowest BCUT2D eigenvalue weighted by atomic mass is 9.55. The Morgan fingerprint density at radius 3 is 1.95 bits per heavy atom. The molecule has 0 aromatic carbocycles. The summed E-state index contributed by atoms with van der Waals surface area (Å²) in [5, 5.41) is 74.8. The molecule has 8 N–H and O–H groups in total. The van der Waals surface area contributed by atoms with Crippen LogP contribution in [0.25, 0.3) is 0 Å². The van der Waals surface area contributed by atoms with Crippen molar-refractivity contribution in [2.75, 3.05) is 0 Å². The number of nitrogens with one attached hydrogen (secondary N) is 1. The minimum Gasteiger partial charge on any atom is -0.481 e. The summed E-state index contributed by atoms with van der Waals surface area (Å²) >= 11 is 0. The van der Waals surface area contributed by atoms with Crippen LogP contribution in [0, 0.1) is 28.1 Å². The molecule has 2 saturated heterocycles. The maximum atomic E-state index is 13.7. The van der Waals surface area contributed by atoms with Crippen molar-refractivity contribution in [3.8, 4) is 0 Å². The first-order chi connectivity index (χ1) is 30.2. The van der Waals surface area contributed by atoms with Gasteiger partial charge in [0.1, 0.15) is 11.6 Å². The molecule has 8 atom stereocenters. The van der Waals surface area contributed by atoms with Gasteiger partial charge in [0.2, 0.25) is 0 Å².